The number of carbonyl (C=O) groups is 1. The number of amides is 1. The molecule has 4 rings (SSSR count). The van der Waals surface area contributed by atoms with Crippen LogP contribution in [0.15, 0.2) is 107 Å². The van der Waals surface area contributed by atoms with Gasteiger partial charge in [-0.1, -0.05) is 24.3 Å². The quantitative estimate of drug-likeness (QED) is 0.189. The monoisotopic (exact) mass is 517 g/mol. The second-order valence-corrected chi connectivity index (χ2v) is 9.21. The smallest absolute Gasteiger partial charge is 0.339 e. The zero-order valence-electron chi connectivity index (χ0n) is 19.8. The molecule has 10 heteroatoms. The van der Waals surface area contributed by atoms with E-state index in [-0.39, 0.29) is 23.0 Å². The van der Waals surface area contributed by atoms with Crippen LogP contribution in [0.5, 0.6) is 23.0 Å². The van der Waals surface area contributed by atoms with E-state index in [9.17, 15) is 13.2 Å². The molecule has 4 aromatic rings. The van der Waals surface area contributed by atoms with Crippen molar-refractivity contribution >= 4 is 22.2 Å². The average Bonchev–Trinajstić information content (AvgIpc) is 2.90. The molecule has 188 valence electrons. The number of hydrazone groups is 1. The SMILES string of the molecule is COc1cccc(CC(=O)NN=Cc2ccccc2OS(=O)(=O)c2ccc(Oc3cccnc3)cc2)c1. The van der Waals surface area contributed by atoms with Crippen molar-refractivity contribution in [1.82, 2.24) is 10.4 Å². The van der Waals surface area contributed by atoms with Crippen LogP contribution in [-0.2, 0) is 21.3 Å². The standard InChI is InChI=1S/C27H23N3O6S/c1-34-23-8-4-6-20(16-23)17-27(31)30-29-18-21-7-2-3-10-26(21)36-37(32,33)25-13-11-22(12-14-25)35-24-9-5-15-28-19-24/h2-16,18-19H,17H2,1H3,(H,30,31). The third kappa shape index (κ3) is 7.15. The number of aromatic nitrogens is 1. The average molecular weight is 518 g/mol. The zero-order valence-corrected chi connectivity index (χ0v) is 20.6. The lowest BCUT2D eigenvalue weighted by molar-refractivity contribution is -0.120. The third-order valence-electron chi connectivity index (χ3n) is 4.99. The number of benzene rings is 3. The lowest BCUT2D eigenvalue weighted by atomic mass is 10.1. The Morgan fingerprint density at radius 2 is 1.73 bits per heavy atom. The summed E-state index contributed by atoms with van der Waals surface area (Å²) < 4.78 is 41.9. The first-order valence-corrected chi connectivity index (χ1v) is 12.5. The summed E-state index contributed by atoms with van der Waals surface area (Å²) in [7, 11) is -2.59. The molecule has 0 atom stereocenters. The highest BCUT2D eigenvalue weighted by atomic mass is 32.2. The van der Waals surface area contributed by atoms with Gasteiger partial charge >= 0.3 is 10.1 Å². The van der Waals surface area contributed by atoms with Crippen molar-refractivity contribution in [3.05, 3.63) is 108 Å². The number of hydrogen-bond donors (Lipinski definition) is 1. The molecule has 1 heterocycles. The number of nitrogens with zero attached hydrogens (tertiary/aromatic N) is 2. The summed E-state index contributed by atoms with van der Waals surface area (Å²) in [6, 6.07) is 22.9. The topological polar surface area (TPSA) is 116 Å². The minimum Gasteiger partial charge on any atom is -0.497 e. The Hall–Kier alpha value is -4.70. The largest absolute Gasteiger partial charge is 0.497 e. The Morgan fingerprint density at radius 1 is 0.946 bits per heavy atom. The molecule has 37 heavy (non-hydrogen) atoms. The Morgan fingerprint density at radius 3 is 2.49 bits per heavy atom. The lowest BCUT2D eigenvalue weighted by Gasteiger charge is -2.10. The molecule has 0 aliphatic rings. The predicted octanol–water partition coefficient (Wildman–Crippen LogP) is 4.34. The van der Waals surface area contributed by atoms with Crippen molar-refractivity contribution in [2.45, 2.75) is 11.3 Å². The van der Waals surface area contributed by atoms with Crippen molar-refractivity contribution in [1.29, 1.82) is 0 Å². The fourth-order valence-corrected chi connectivity index (χ4v) is 4.18. The van der Waals surface area contributed by atoms with Crippen LogP contribution in [0.25, 0.3) is 0 Å². The second-order valence-electron chi connectivity index (χ2n) is 7.66. The van der Waals surface area contributed by atoms with Crippen LogP contribution in [0.4, 0.5) is 0 Å². The van der Waals surface area contributed by atoms with Crippen LogP contribution in [0.2, 0.25) is 0 Å². The van der Waals surface area contributed by atoms with E-state index >= 15 is 0 Å². The molecule has 9 nitrogen and oxygen atoms in total. The summed E-state index contributed by atoms with van der Waals surface area (Å²) in [6.07, 6.45) is 4.59. The number of pyridine rings is 1. The van der Waals surface area contributed by atoms with Crippen molar-refractivity contribution in [3.63, 3.8) is 0 Å². The van der Waals surface area contributed by atoms with E-state index in [1.165, 1.54) is 36.5 Å². The lowest BCUT2D eigenvalue weighted by Crippen LogP contribution is -2.19. The molecule has 1 amide bonds. The molecule has 0 bridgehead atoms. The van der Waals surface area contributed by atoms with Gasteiger partial charge in [0.05, 0.1) is 25.9 Å². The van der Waals surface area contributed by atoms with E-state index in [0.29, 0.717) is 22.8 Å². The summed E-state index contributed by atoms with van der Waals surface area (Å²) in [5.74, 6) is 1.34. The Bertz CT molecular complexity index is 1490. The van der Waals surface area contributed by atoms with Gasteiger partial charge in [0.2, 0.25) is 5.91 Å². The van der Waals surface area contributed by atoms with Crippen molar-refractivity contribution < 1.29 is 26.9 Å². The first-order valence-electron chi connectivity index (χ1n) is 11.1. The van der Waals surface area contributed by atoms with E-state index < -0.39 is 10.1 Å². The number of nitrogens with one attached hydrogen (secondary N) is 1. The number of hydrogen-bond acceptors (Lipinski definition) is 8. The van der Waals surface area contributed by atoms with Crippen LogP contribution >= 0.6 is 0 Å². The van der Waals surface area contributed by atoms with Gasteiger partial charge in [-0.15, -0.1) is 0 Å². The maximum atomic E-state index is 12.9. The second kappa shape index (κ2) is 11.8. The molecular weight excluding hydrogens is 494 g/mol. The highest BCUT2D eigenvalue weighted by Crippen LogP contribution is 2.25. The number of rotatable bonds is 10. The van der Waals surface area contributed by atoms with Gasteiger partial charge < -0.3 is 13.7 Å². The Labute approximate surface area is 214 Å². The maximum Gasteiger partial charge on any atom is 0.339 e. The molecule has 0 aliphatic carbocycles. The molecule has 1 N–H and O–H groups in total. The van der Waals surface area contributed by atoms with E-state index in [1.807, 2.05) is 0 Å². The van der Waals surface area contributed by atoms with Crippen LogP contribution in [0.3, 0.4) is 0 Å². The predicted molar refractivity (Wildman–Crippen MR) is 137 cm³/mol. The maximum absolute atomic E-state index is 12.9. The molecule has 1 aromatic heterocycles. The van der Waals surface area contributed by atoms with E-state index in [0.717, 1.165) is 5.56 Å². The van der Waals surface area contributed by atoms with Crippen molar-refractivity contribution in [2.75, 3.05) is 7.11 Å². The minimum absolute atomic E-state index is 0.0515. The highest BCUT2D eigenvalue weighted by molar-refractivity contribution is 7.87. The van der Waals surface area contributed by atoms with Gasteiger partial charge in [0.25, 0.3) is 0 Å². The van der Waals surface area contributed by atoms with Gasteiger partial charge in [-0.25, -0.2) is 5.43 Å². The minimum atomic E-state index is -4.14. The van der Waals surface area contributed by atoms with Gasteiger partial charge in [0.15, 0.2) is 5.75 Å². The number of carbonyl (C=O) groups excluding carboxylic acids is 1. The summed E-state index contributed by atoms with van der Waals surface area (Å²) in [6.45, 7) is 0. The molecule has 0 saturated carbocycles. The summed E-state index contributed by atoms with van der Waals surface area (Å²) in [5.41, 5.74) is 3.56. The van der Waals surface area contributed by atoms with E-state index in [4.69, 9.17) is 13.7 Å². The van der Waals surface area contributed by atoms with Crippen LogP contribution in [0.1, 0.15) is 11.1 Å². The van der Waals surface area contributed by atoms with Crippen molar-refractivity contribution in [3.8, 4) is 23.0 Å². The number of methoxy groups -OCH3 is 1. The molecule has 0 unspecified atom stereocenters. The van der Waals surface area contributed by atoms with Gasteiger partial charge in [-0.3, -0.25) is 9.78 Å². The van der Waals surface area contributed by atoms with Crippen LogP contribution < -0.4 is 19.1 Å². The summed E-state index contributed by atoms with van der Waals surface area (Å²) in [4.78, 5) is 16.2. The van der Waals surface area contributed by atoms with Gasteiger partial charge in [0, 0.05) is 11.8 Å². The molecule has 0 spiro atoms. The molecule has 0 fully saturated rings. The Kier molecular flexibility index (Phi) is 8.11. The third-order valence-corrected chi connectivity index (χ3v) is 6.24. The highest BCUT2D eigenvalue weighted by Gasteiger charge is 2.18. The van der Waals surface area contributed by atoms with E-state index in [2.05, 4.69) is 15.5 Å². The van der Waals surface area contributed by atoms with Gasteiger partial charge in [0.1, 0.15) is 22.1 Å². The van der Waals surface area contributed by atoms with E-state index in [1.54, 1.807) is 74.1 Å². The van der Waals surface area contributed by atoms with Crippen LogP contribution in [0, 0.1) is 0 Å². The zero-order chi connectivity index (χ0) is 26.1. The van der Waals surface area contributed by atoms with Gasteiger partial charge in [-0.05, 0) is 66.2 Å². The van der Waals surface area contributed by atoms with Gasteiger partial charge in [-0.2, -0.15) is 13.5 Å². The number of para-hydroxylation sites is 1. The molecule has 3 aromatic carbocycles. The molecular formula is C27H23N3O6S. The molecule has 0 radical (unpaired) electrons. The summed E-state index contributed by atoms with van der Waals surface area (Å²) >= 11 is 0. The Balaban J connectivity index is 1.40. The summed E-state index contributed by atoms with van der Waals surface area (Å²) in [5, 5.41) is 3.94. The first kappa shape index (κ1) is 25.4. The molecule has 0 saturated heterocycles. The van der Waals surface area contributed by atoms with Crippen molar-refractivity contribution in [2.24, 2.45) is 5.10 Å². The normalized spacial score (nSPS) is 11.2. The fraction of sp³-hybridized carbons (Fsp3) is 0.0741. The molecule has 0 aliphatic heterocycles. The fourth-order valence-electron chi connectivity index (χ4n) is 3.23. The number of ether oxygens (including phenoxy) is 2. The first-order chi connectivity index (χ1) is 17.9. The van der Waals surface area contributed by atoms with Crippen LogP contribution in [-0.4, -0.2) is 32.6 Å².